The van der Waals surface area contributed by atoms with Crippen molar-refractivity contribution in [2.75, 3.05) is 23.1 Å². The molecule has 3 N–H and O–H groups in total. The summed E-state index contributed by atoms with van der Waals surface area (Å²) in [5.74, 6) is 0.640. The van der Waals surface area contributed by atoms with Crippen molar-refractivity contribution in [1.29, 1.82) is 0 Å². The lowest BCUT2D eigenvalue weighted by Gasteiger charge is -2.16. The summed E-state index contributed by atoms with van der Waals surface area (Å²) in [6.45, 7) is 3.50. The number of thioether (sulfide) groups is 1. The quantitative estimate of drug-likeness (QED) is 0.624. The normalized spacial score (nSPS) is 13.1. The zero-order valence-electron chi connectivity index (χ0n) is 12.5. The third-order valence-corrected chi connectivity index (χ3v) is 4.94. The van der Waals surface area contributed by atoms with Crippen molar-refractivity contribution in [3.05, 3.63) is 11.8 Å². The first-order valence-corrected chi connectivity index (χ1v) is 9.80. The topological polar surface area (TPSA) is 104 Å². The second-order valence-corrected chi connectivity index (χ2v) is 7.50. The Hall–Kier alpha value is -1.06. The van der Waals surface area contributed by atoms with Gasteiger partial charge >= 0.3 is 0 Å². The Morgan fingerprint density at radius 2 is 2.19 bits per heavy atom. The Labute approximate surface area is 129 Å². The molecule has 0 bridgehead atoms. The fourth-order valence-corrected chi connectivity index (χ4v) is 2.90. The first-order valence-electron chi connectivity index (χ1n) is 6.76. The molecule has 0 fully saturated rings. The van der Waals surface area contributed by atoms with Gasteiger partial charge in [0.2, 0.25) is 15.9 Å². The average Bonchev–Trinajstić information content (AvgIpc) is 2.90. The van der Waals surface area contributed by atoms with Crippen molar-refractivity contribution >= 4 is 33.5 Å². The average molecular weight is 334 g/mol. The van der Waals surface area contributed by atoms with Gasteiger partial charge in [-0.3, -0.25) is 9.89 Å². The maximum atomic E-state index is 12.2. The van der Waals surface area contributed by atoms with Gasteiger partial charge in [0.25, 0.3) is 0 Å². The molecule has 0 radical (unpaired) electrons. The summed E-state index contributed by atoms with van der Waals surface area (Å²) in [6.07, 6.45) is 3.11. The number of aromatic nitrogens is 2. The van der Waals surface area contributed by atoms with E-state index in [1.165, 1.54) is 6.92 Å². The molecule has 0 saturated carbocycles. The van der Waals surface area contributed by atoms with Gasteiger partial charge in [0.05, 0.1) is 5.75 Å². The van der Waals surface area contributed by atoms with Crippen LogP contribution in [0.1, 0.15) is 26.0 Å². The number of H-pyrrole nitrogens is 1. The van der Waals surface area contributed by atoms with Crippen molar-refractivity contribution in [2.24, 2.45) is 0 Å². The molecule has 0 spiro atoms. The van der Waals surface area contributed by atoms with E-state index in [1.54, 1.807) is 17.8 Å². The van der Waals surface area contributed by atoms with E-state index < -0.39 is 22.0 Å². The number of carbonyl (C=O) groups is 1. The maximum absolute atomic E-state index is 12.2. The summed E-state index contributed by atoms with van der Waals surface area (Å²) < 4.78 is 25.7. The lowest BCUT2D eigenvalue weighted by atomic mass is 10.2. The standard InChI is InChI=1S/C12H22N4O3S2/c1-4-9-8-11(15-14-9)13-12(17)10(6-7-20-3)16-21(18,19)5-2/h8,10,16H,4-7H2,1-3H3,(H2,13,14,15,17). The van der Waals surface area contributed by atoms with Crippen molar-refractivity contribution in [3.63, 3.8) is 0 Å². The minimum absolute atomic E-state index is 0.0571. The van der Waals surface area contributed by atoms with Crippen molar-refractivity contribution in [3.8, 4) is 0 Å². The number of nitrogens with one attached hydrogen (secondary N) is 3. The molecule has 1 aromatic heterocycles. The third-order valence-electron chi connectivity index (χ3n) is 2.89. The number of anilines is 1. The molecule has 0 aliphatic carbocycles. The highest BCUT2D eigenvalue weighted by atomic mass is 32.2. The predicted molar refractivity (Wildman–Crippen MR) is 86.0 cm³/mol. The first-order chi connectivity index (χ1) is 9.91. The fourth-order valence-electron chi connectivity index (χ4n) is 1.60. The second-order valence-electron chi connectivity index (χ2n) is 4.48. The largest absolute Gasteiger partial charge is 0.308 e. The van der Waals surface area contributed by atoms with E-state index in [4.69, 9.17) is 0 Å². The molecule has 0 aliphatic heterocycles. The highest BCUT2D eigenvalue weighted by molar-refractivity contribution is 7.98. The van der Waals surface area contributed by atoms with Gasteiger partial charge < -0.3 is 5.32 Å². The van der Waals surface area contributed by atoms with E-state index in [9.17, 15) is 13.2 Å². The van der Waals surface area contributed by atoms with E-state index in [0.717, 1.165) is 12.1 Å². The SMILES string of the molecule is CCc1cc(NC(=O)C(CCSC)NS(=O)(=O)CC)n[nH]1. The molecule has 1 atom stereocenters. The number of sulfonamides is 1. The zero-order valence-corrected chi connectivity index (χ0v) is 14.1. The van der Waals surface area contributed by atoms with Crippen LogP contribution in [0.15, 0.2) is 6.07 Å². The summed E-state index contributed by atoms with van der Waals surface area (Å²) in [6, 6.07) is 0.946. The minimum Gasteiger partial charge on any atom is -0.308 e. The lowest BCUT2D eigenvalue weighted by molar-refractivity contribution is -0.117. The van der Waals surface area contributed by atoms with Crippen LogP contribution in [0, 0.1) is 0 Å². The minimum atomic E-state index is -3.43. The second kappa shape index (κ2) is 8.40. The van der Waals surface area contributed by atoms with Crippen molar-refractivity contribution in [1.82, 2.24) is 14.9 Å². The number of carbonyl (C=O) groups excluding carboxylic acids is 1. The van der Waals surface area contributed by atoms with E-state index in [1.807, 2.05) is 13.2 Å². The molecule has 0 saturated heterocycles. The van der Waals surface area contributed by atoms with E-state index in [2.05, 4.69) is 20.2 Å². The third kappa shape index (κ3) is 6.06. The van der Waals surface area contributed by atoms with Gasteiger partial charge in [-0.25, -0.2) is 13.1 Å². The van der Waals surface area contributed by atoms with Crippen LogP contribution in [-0.2, 0) is 21.2 Å². The van der Waals surface area contributed by atoms with E-state index >= 15 is 0 Å². The zero-order chi connectivity index (χ0) is 15.9. The Bertz CT molecular complexity index is 557. The molecule has 7 nitrogen and oxygen atoms in total. The molecular weight excluding hydrogens is 312 g/mol. The smallest absolute Gasteiger partial charge is 0.243 e. The summed E-state index contributed by atoms with van der Waals surface area (Å²) in [4.78, 5) is 12.2. The van der Waals surface area contributed by atoms with Gasteiger partial charge in [0, 0.05) is 11.8 Å². The van der Waals surface area contributed by atoms with Crippen molar-refractivity contribution in [2.45, 2.75) is 32.7 Å². The molecule has 1 amide bonds. The number of hydrogen-bond acceptors (Lipinski definition) is 5. The van der Waals surface area contributed by atoms with Crippen LogP contribution in [0.4, 0.5) is 5.82 Å². The molecule has 120 valence electrons. The van der Waals surface area contributed by atoms with Gasteiger partial charge in [-0.2, -0.15) is 16.9 Å². The molecule has 0 aliphatic rings. The van der Waals surface area contributed by atoms with Crippen LogP contribution in [0.5, 0.6) is 0 Å². The van der Waals surface area contributed by atoms with Gasteiger partial charge in [-0.05, 0) is 31.8 Å². The van der Waals surface area contributed by atoms with Gasteiger partial charge in [0.15, 0.2) is 5.82 Å². The number of aryl methyl sites for hydroxylation is 1. The van der Waals surface area contributed by atoms with E-state index in [-0.39, 0.29) is 5.75 Å². The van der Waals surface area contributed by atoms with Crippen LogP contribution in [0.2, 0.25) is 0 Å². The number of hydrogen-bond donors (Lipinski definition) is 3. The summed E-state index contributed by atoms with van der Waals surface area (Å²) >= 11 is 1.56. The van der Waals surface area contributed by atoms with Crippen LogP contribution in [0.25, 0.3) is 0 Å². The molecule has 9 heteroatoms. The molecule has 1 unspecified atom stereocenters. The van der Waals surface area contributed by atoms with Crippen LogP contribution in [0.3, 0.4) is 0 Å². The Morgan fingerprint density at radius 1 is 1.48 bits per heavy atom. The number of rotatable bonds is 9. The molecule has 21 heavy (non-hydrogen) atoms. The molecule has 1 rings (SSSR count). The number of amides is 1. The van der Waals surface area contributed by atoms with E-state index in [0.29, 0.717) is 18.0 Å². The lowest BCUT2D eigenvalue weighted by Crippen LogP contribution is -2.44. The Morgan fingerprint density at radius 3 is 2.71 bits per heavy atom. The summed E-state index contributed by atoms with van der Waals surface area (Å²) in [5.41, 5.74) is 0.903. The highest BCUT2D eigenvalue weighted by Crippen LogP contribution is 2.09. The monoisotopic (exact) mass is 334 g/mol. The van der Waals surface area contributed by atoms with Gasteiger partial charge in [0.1, 0.15) is 6.04 Å². The van der Waals surface area contributed by atoms with Crippen LogP contribution >= 0.6 is 11.8 Å². The molecule has 0 aromatic carbocycles. The predicted octanol–water partition coefficient (Wildman–Crippen LogP) is 0.972. The van der Waals surface area contributed by atoms with Crippen LogP contribution < -0.4 is 10.0 Å². The number of nitrogens with zero attached hydrogens (tertiary/aromatic N) is 1. The maximum Gasteiger partial charge on any atom is 0.243 e. The van der Waals surface area contributed by atoms with Crippen LogP contribution in [-0.4, -0.2) is 48.3 Å². The van der Waals surface area contributed by atoms with Gasteiger partial charge in [-0.1, -0.05) is 6.92 Å². The number of aromatic amines is 1. The fraction of sp³-hybridized carbons (Fsp3) is 0.667. The van der Waals surface area contributed by atoms with Gasteiger partial charge in [-0.15, -0.1) is 0 Å². The molecule has 1 heterocycles. The van der Waals surface area contributed by atoms with Crippen molar-refractivity contribution < 1.29 is 13.2 Å². The highest BCUT2D eigenvalue weighted by Gasteiger charge is 2.23. The first kappa shape index (κ1) is 18.0. The Balaban J connectivity index is 2.74. The molecule has 1 aromatic rings. The summed E-state index contributed by atoms with van der Waals surface area (Å²) in [5, 5.41) is 9.40. The summed E-state index contributed by atoms with van der Waals surface area (Å²) in [7, 11) is -3.43. The Kier molecular flexibility index (Phi) is 7.20. The molecular formula is C12H22N4O3S2.